The molecule has 25 heavy (non-hydrogen) atoms. The number of hydrogen-bond acceptors (Lipinski definition) is 5. The van der Waals surface area contributed by atoms with Crippen LogP contribution in [0.25, 0.3) is 0 Å². The van der Waals surface area contributed by atoms with Gasteiger partial charge in [0.2, 0.25) is 5.75 Å². The Kier molecular flexibility index (Phi) is 4.69. The normalized spacial score (nSPS) is 15.6. The van der Waals surface area contributed by atoms with Gasteiger partial charge >= 0.3 is 6.03 Å². The van der Waals surface area contributed by atoms with Crippen LogP contribution >= 0.6 is 0 Å². The number of aryl methyl sites for hydroxylation is 1. The summed E-state index contributed by atoms with van der Waals surface area (Å²) in [4.78, 5) is 35.8. The fraction of sp³-hybridized carbons (Fsp3) is 0.412. The largest absolute Gasteiger partial charge is 0.490 e. The molecule has 2 aromatic rings. The van der Waals surface area contributed by atoms with E-state index in [-0.39, 0.29) is 17.3 Å². The third-order valence-corrected chi connectivity index (χ3v) is 4.38. The quantitative estimate of drug-likeness (QED) is 0.787. The number of H-pyrrole nitrogens is 1. The van der Waals surface area contributed by atoms with Crippen molar-refractivity contribution in [1.29, 1.82) is 0 Å². The number of anilines is 1. The number of rotatable bonds is 4. The topological polar surface area (TPSA) is 109 Å². The predicted molar refractivity (Wildman–Crippen MR) is 92.7 cm³/mol. The Hall–Kier alpha value is -2.90. The van der Waals surface area contributed by atoms with Crippen molar-refractivity contribution in [3.05, 3.63) is 46.3 Å². The third-order valence-electron chi connectivity index (χ3n) is 4.38. The molecule has 1 aliphatic rings. The van der Waals surface area contributed by atoms with E-state index >= 15 is 0 Å². The number of hydrogen-bond donors (Lipinski definition) is 3. The van der Waals surface area contributed by atoms with Crippen molar-refractivity contribution in [3.8, 4) is 5.75 Å². The van der Waals surface area contributed by atoms with E-state index in [0.29, 0.717) is 24.5 Å². The SMILES string of the molecule is COc1cnc(C2(NC(=O)Nc3cccc(C)n3)CCCC2)[nH]c1=O. The smallest absolute Gasteiger partial charge is 0.321 e. The maximum atomic E-state index is 12.5. The lowest BCUT2D eigenvalue weighted by Gasteiger charge is -2.29. The zero-order valence-electron chi connectivity index (χ0n) is 14.3. The van der Waals surface area contributed by atoms with Crippen molar-refractivity contribution in [1.82, 2.24) is 20.3 Å². The van der Waals surface area contributed by atoms with Crippen LogP contribution in [0.4, 0.5) is 10.6 Å². The number of pyridine rings is 1. The first-order valence-corrected chi connectivity index (χ1v) is 8.19. The van der Waals surface area contributed by atoms with Crippen LogP contribution in [0.2, 0.25) is 0 Å². The summed E-state index contributed by atoms with van der Waals surface area (Å²) in [7, 11) is 1.41. The zero-order valence-corrected chi connectivity index (χ0v) is 14.3. The van der Waals surface area contributed by atoms with Gasteiger partial charge in [0.1, 0.15) is 11.6 Å². The average molecular weight is 343 g/mol. The third kappa shape index (κ3) is 3.62. The molecule has 132 valence electrons. The fourth-order valence-corrected chi connectivity index (χ4v) is 3.15. The summed E-state index contributed by atoms with van der Waals surface area (Å²) in [5.74, 6) is 1.07. The minimum atomic E-state index is -0.695. The highest BCUT2D eigenvalue weighted by Gasteiger charge is 2.39. The maximum absolute atomic E-state index is 12.5. The van der Waals surface area contributed by atoms with E-state index < -0.39 is 5.54 Å². The second-order valence-corrected chi connectivity index (χ2v) is 6.16. The minimum absolute atomic E-state index is 0.144. The Morgan fingerprint density at radius 1 is 1.32 bits per heavy atom. The highest BCUT2D eigenvalue weighted by Crippen LogP contribution is 2.36. The number of carbonyl (C=O) groups excluding carboxylic acids is 1. The van der Waals surface area contributed by atoms with E-state index in [1.54, 1.807) is 6.07 Å². The summed E-state index contributed by atoms with van der Waals surface area (Å²) < 4.78 is 4.95. The van der Waals surface area contributed by atoms with Gasteiger partial charge in [-0.25, -0.2) is 14.8 Å². The Bertz CT molecular complexity index is 827. The summed E-state index contributed by atoms with van der Waals surface area (Å²) in [6.07, 6.45) is 4.68. The number of nitrogens with zero attached hydrogens (tertiary/aromatic N) is 2. The molecule has 2 amide bonds. The van der Waals surface area contributed by atoms with Crippen LogP contribution in [0.3, 0.4) is 0 Å². The van der Waals surface area contributed by atoms with Crippen molar-refractivity contribution < 1.29 is 9.53 Å². The Labute approximate surface area is 145 Å². The molecule has 1 fully saturated rings. The number of amides is 2. The van der Waals surface area contributed by atoms with Crippen LogP contribution in [0.5, 0.6) is 5.75 Å². The molecule has 0 unspecified atom stereocenters. The van der Waals surface area contributed by atoms with E-state index in [9.17, 15) is 9.59 Å². The molecule has 2 aromatic heterocycles. The molecule has 2 heterocycles. The number of carbonyl (C=O) groups is 1. The molecule has 8 heteroatoms. The van der Waals surface area contributed by atoms with Crippen molar-refractivity contribution in [2.75, 3.05) is 12.4 Å². The lowest BCUT2D eigenvalue weighted by Crippen LogP contribution is -2.47. The number of aromatic amines is 1. The van der Waals surface area contributed by atoms with Crippen LogP contribution < -0.4 is 20.9 Å². The molecule has 3 rings (SSSR count). The number of ether oxygens (including phenoxy) is 1. The lowest BCUT2D eigenvalue weighted by molar-refractivity contribution is 0.233. The van der Waals surface area contributed by atoms with Crippen molar-refractivity contribution in [2.24, 2.45) is 0 Å². The van der Waals surface area contributed by atoms with Gasteiger partial charge in [0.25, 0.3) is 5.56 Å². The van der Waals surface area contributed by atoms with E-state index in [2.05, 4.69) is 25.6 Å². The first-order valence-electron chi connectivity index (χ1n) is 8.19. The molecule has 0 saturated heterocycles. The molecule has 0 aliphatic heterocycles. The van der Waals surface area contributed by atoms with E-state index in [0.717, 1.165) is 18.5 Å². The molecule has 0 aromatic carbocycles. The molecule has 0 spiro atoms. The van der Waals surface area contributed by atoms with Gasteiger partial charge in [-0.15, -0.1) is 0 Å². The van der Waals surface area contributed by atoms with E-state index in [4.69, 9.17) is 4.74 Å². The standard InChI is InChI=1S/C17H21N5O3/c1-11-6-5-7-13(19-11)20-16(24)22-17(8-3-4-9-17)15-18-10-12(25-2)14(23)21-15/h5-7,10H,3-4,8-9H2,1-2H3,(H,18,21,23)(H2,19,20,22,24). The van der Waals surface area contributed by atoms with Gasteiger partial charge in [-0.3, -0.25) is 10.1 Å². The molecule has 1 aliphatic carbocycles. The van der Waals surface area contributed by atoms with Gasteiger partial charge < -0.3 is 15.0 Å². The monoisotopic (exact) mass is 343 g/mol. The summed E-state index contributed by atoms with van der Waals surface area (Å²) >= 11 is 0. The molecule has 1 saturated carbocycles. The predicted octanol–water partition coefficient (Wildman–Crippen LogP) is 2.07. The van der Waals surface area contributed by atoms with Crippen LogP contribution in [-0.4, -0.2) is 28.1 Å². The summed E-state index contributed by atoms with van der Waals surface area (Å²) in [5.41, 5.74) is -0.241. The first kappa shape index (κ1) is 16.9. The van der Waals surface area contributed by atoms with Gasteiger partial charge in [-0.1, -0.05) is 18.9 Å². The Morgan fingerprint density at radius 2 is 2.08 bits per heavy atom. The first-order chi connectivity index (χ1) is 12.0. The van der Waals surface area contributed by atoms with Gasteiger partial charge in [-0.2, -0.15) is 0 Å². The van der Waals surface area contributed by atoms with Gasteiger partial charge in [0.15, 0.2) is 0 Å². The fourth-order valence-electron chi connectivity index (χ4n) is 3.15. The molecule has 0 atom stereocenters. The molecule has 3 N–H and O–H groups in total. The summed E-state index contributed by atoms with van der Waals surface area (Å²) in [6, 6.07) is 5.03. The van der Waals surface area contributed by atoms with Gasteiger partial charge in [0.05, 0.1) is 18.8 Å². The maximum Gasteiger partial charge on any atom is 0.321 e. The van der Waals surface area contributed by atoms with Crippen molar-refractivity contribution in [2.45, 2.75) is 38.1 Å². The second-order valence-electron chi connectivity index (χ2n) is 6.16. The van der Waals surface area contributed by atoms with Crippen LogP contribution in [0.15, 0.2) is 29.2 Å². The molecular formula is C17H21N5O3. The van der Waals surface area contributed by atoms with Crippen molar-refractivity contribution in [3.63, 3.8) is 0 Å². The number of methoxy groups -OCH3 is 1. The number of urea groups is 1. The number of aromatic nitrogens is 3. The molecule has 0 radical (unpaired) electrons. The average Bonchev–Trinajstić information content (AvgIpc) is 3.04. The Morgan fingerprint density at radius 3 is 2.72 bits per heavy atom. The Balaban J connectivity index is 1.82. The van der Waals surface area contributed by atoms with E-state index in [1.807, 2.05) is 19.1 Å². The summed E-state index contributed by atoms with van der Waals surface area (Å²) in [6.45, 7) is 1.85. The highest BCUT2D eigenvalue weighted by molar-refractivity contribution is 5.88. The van der Waals surface area contributed by atoms with Crippen LogP contribution in [-0.2, 0) is 5.54 Å². The zero-order chi connectivity index (χ0) is 17.9. The highest BCUT2D eigenvalue weighted by atomic mass is 16.5. The minimum Gasteiger partial charge on any atom is -0.490 e. The number of nitrogens with one attached hydrogen (secondary N) is 3. The van der Waals surface area contributed by atoms with Crippen molar-refractivity contribution >= 4 is 11.8 Å². The van der Waals surface area contributed by atoms with Gasteiger partial charge in [-0.05, 0) is 31.9 Å². The lowest BCUT2D eigenvalue weighted by atomic mass is 9.96. The van der Waals surface area contributed by atoms with Crippen LogP contribution in [0, 0.1) is 6.92 Å². The van der Waals surface area contributed by atoms with E-state index in [1.165, 1.54) is 13.3 Å². The molecule has 0 bridgehead atoms. The molecular weight excluding hydrogens is 322 g/mol. The second kappa shape index (κ2) is 6.92. The van der Waals surface area contributed by atoms with Crippen LogP contribution in [0.1, 0.15) is 37.2 Å². The summed E-state index contributed by atoms with van der Waals surface area (Å²) in [5, 5.41) is 5.71. The van der Waals surface area contributed by atoms with Gasteiger partial charge in [0, 0.05) is 5.69 Å². The molecule has 8 nitrogen and oxygen atoms in total.